The highest BCUT2D eigenvalue weighted by Crippen LogP contribution is 2.21. The van der Waals surface area contributed by atoms with Crippen molar-refractivity contribution in [1.82, 2.24) is 25.3 Å². The molecular weight excluding hydrogens is 276 g/mol. The van der Waals surface area contributed by atoms with Crippen molar-refractivity contribution in [1.29, 1.82) is 0 Å². The Hall–Kier alpha value is -1.56. The van der Waals surface area contributed by atoms with E-state index >= 15 is 0 Å². The fraction of sp³-hybridized carbons (Fsp3) is 0.750. The molecule has 6 nitrogen and oxygen atoms in total. The number of nitrogens with one attached hydrogen (secondary N) is 2. The zero-order valence-electron chi connectivity index (χ0n) is 14.2. The predicted molar refractivity (Wildman–Crippen MR) is 90.9 cm³/mol. The summed E-state index contributed by atoms with van der Waals surface area (Å²) in [7, 11) is 4.18. The van der Waals surface area contributed by atoms with Crippen LogP contribution >= 0.6 is 0 Å². The molecule has 0 atom stereocenters. The molecule has 0 spiro atoms. The van der Waals surface area contributed by atoms with Gasteiger partial charge < -0.3 is 15.5 Å². The summed E-state index contributed by atoms with van der Waals surface area (Å²) in [5, 5.41) is 10.9. The van der Waals surface area contributed by atoms with Gasteiger partial charge in [-0.1, -0.05) is 12.8 Å². The van der Waals surface area contributed by atoms with Crippen molar-refractivity contribution in [2.75, 3.05) is 26.7 Å². The number of hydrogen-bond acceptors (Lipinski definition) is 3. The summed E-state index contributed by atoms with van der Waals surface area (Å²) in [5.74, 6) is 0.878. The second-order valence-electron chi connectivity index (χ2n) is 5.99. The van der Waals surface area contributed by atoms with Crippen LogP contribution in [-0.2, 0) is 13.6 Å². The Morgan fingerprint density at radius 2 is 2.18 bits per heavy atom. The molecule has 124 valence electrons. The predicted octanol–water partition coefficient (Wildman–Crippen LogP) is 1.35. The van der Waals surface area contributed by atoms with Crippen molar-refractivity contribution in [2.45, 2.75) is 45.2 Å². The lowest BCUT2D eigenvalue weighted by Gasteiger charge is -2.24. The summed E-state index contributed by atoms with van der Waals surface area (Å²) < 4.78 is 1.86. The highest BCUT2D eigenvalue weighted by Gasteiger charge is 2.18. The van der Waals surface area contributed by atoms with E-state index in [4.69, 9.17) is 0 Å². The van der Waals surface area contributed by atoms with Crippen LogP contribution in [0, 0.1) is 0 Å². The average molecular weight is 306 g/mol. The van der Waals surface area contributed by atoms with Crippen LogP contribution in [0.5, 0.6) is 0 Å². The van der Waals surface area contributed by atoms with Crippen molar-refractivity contribution in [3.63, 3.8) is 0 Å². The number of aliphatic imine (C=N–C) groups is 1. The number of aromatic nitrogens is 2. The van der Waals surface area contributed by atoms with Crippen LogP contribution in [0.15, 0.2) is 17.3 Å². The average Bonchev–Trinajstić information content (AvgIpc) is 3.16. The zero-order chi connectivity index (χ0) is 15.8. The molecule has 1 aromatic heterocycles. The minimum atomic E-state index is 0.643. The van der Waals surface area contributed by atoms with E-state index < -0.39 is 0 Å². The lowest BCUT2D eigenvalue weighted by molar-refractivity contribution is 0.249. The van der Waals surface area contributed by atoms with Gasteiger partial charge in [-0.2, -0.15) is 5.10 Å². The third kappa shape index (κ3) is 5.02. The molecule has 2 rings (SSSR count). The molecule has 1 aliphatic rings. The second-order valence-corrected chi connectivity index (χ2v) is 5.99. The van der Waals surface area contributed by atoms with Crippen molar-refractivity contribution in [3.8, 4) is 0 Å². The molecular formula is C16H30N6. The van der Waals surface area contributed by atoms with Gasteiger partial charge >= 0.3 is 0 Å². The SMILES string of the molecule is CCNC(=NCc1ccnn1C)NCCN(C)C1CCCC1. The molecule has 0 unspecified atom stereocenters. The van der Waals surface area contributed by atoms with Crippen LogP contribution in [0.4, 0.5) is 0 Å². The van der Waals surface area contributed by atoms with E-state index in [1.54, 1.807) is 0 Å². The van der Waals surface area contributed by atoms with Gasteiger partial charge in [0.15, 0.2) is 5.96 Å². The molecule has 1 saturated carbocycles. The number of aryl methyl sites for hydroxylation is 1. The minimum Gasteiger partial charge on any atom is -0.357 e. The van der Waals surface area contributed by atoms with Crippen LogP contribution < -0.4 is 10.6 Å². The Morgan fingerprint density at radius 1 is 1.41 bits per heavy atom. The Labute approximate surface area is 134 Å². The number of rotatable bonds is 7. The summed E-state index contributed by atoms with van der Waals surface area (Å²) in [6.07, 6.45) is 7.28. The van der Waals surface area contributed by atoms with E-state index in [-0.39, 0.29) is 0 Å². The maximum Gasteiger partial charge on any atom is 0.191 e. The van der Waals surface area contributed by atoms with E-state index in [1.807, 2.05) is 24.0 Å². The lowest BCUT2D eigenvalue weighted by Crippen LogP contribution is -2.42. The fourth-order valence-electron chi connectivity index (χ4n) is 2.94. The smallest absolute Gasteiger partial charge is 0.191 e. The van der Waals surface area contributed by atoms with E-state index in [2.05, 4.69) is 39.6 Å². The van der Waals surface area contributed by atoms with Gasteiger partial charge in [0.1, 0.15) is 0 Å². The molecule has 0 radical (unpaired) electrons. The summed E-state index contributed by atoms with van der Waals surface area (Å²) >= 11 is 0. The molecule has 6 heteroatoms. The van der Waals surface area contributed by atoms with Crippen molar-refractivity contribution in [2.24, 2.45) is 12.0 Å². The molecule has 22 heavy (non-hydrogen) atoms. The van der Waals surface area contributed by atoms with Gasteiger partial charge in [-0.3, -0.25) is 4.68 Å². The standard InChI is InChI=1S/C16H30N6/c1-4-17-16(19-13-15-9-10-20-22(15)3)18-11-12-21(2)14-7-5-6-8-14/h9-10,14H,4-8,11-13H2,1-3H3,(H2,17,18,19). The number of likely N-dealkylation sites (N-methyl/N-ethyl adjacent to an activating group) is 1. The highest BCUT2D eigenvalue weighted by atomic mass is 15.3. The van der Waals surface area contributed by atoms with E-state index in [9.17, 15) is 0 Å². The lowest BCUT2D eigenvalue weighted by atomic mass is 10.2. The van der Waals surface area contributed by atoms with Crippen molar-refractivity contribution < 1.29 is 0 Å². The largest absolute Gasteiger partial charge is 0.357 e. The van der Waals surface area contributed by atoms with Crippen LogP contribution in [0.3, 0.4) is 0 Å². The van der Waals surface area contributed by atoms with Crippen LogP contribution in [0.1, 0.15) is 38.3 Å². The normalized spacial score (nSPS) is 16.5. The quantitative estimate of drug-likeness (QED) is 0.590. The minimum absolute atomic E-state index is 0.643. The fourth-order valence-corrected chi connectivity index (χ4v) is 2.94. The molecule has 1 heterocycles. The highest BCUT2D eigenvalue weighted by molar-refractivity contribution is 5.79. The molecule has 0 aliphatic heterocycles. The zero-order valence-corrected chi connectivity index (χ0v) is 14.2. The van der Waals surface area contributed by atoms with Gasteiger partial charge in [0.2, 0.25) is 0 Å². The number of nitrogens with zero attached hydrogens (tertiary/aromatic N) is 4. The van der Waals surface area contributed by atoms with E-state index in [1.165, 1.54) is 25.7 Å². The Morgan fingerprint density at radius 3 is 2.82 bits per heavy atom. The first-order valence-electron chi connectivity index (χ1n) is 8.40. The molecule has 0 aromatic carbocycles. The van der Waals surface area contributed by atoms with Crippen molar-refractivity contribution >= 4 is 5.96 Å². The molecule has 1 fully saturated rings. The Kier molecular flexibility index (Phi) is 6.71. The number of guanidine groups is 1. The van der Waals surface area contributed by atoms with Gasteiger partial charge in [0, 0.05) is 38.9 Å². The van der Waals surface area contributed by atoms with Gasteiger partial charge in [0.25, 0.3) is 0 Å². The van der Waals surface area contributed by atoms with Gasteiger partial charge in [-0.15, -0.1) is 0 Å². The summed E-state index contributed by atoms with van der Waals surface area (Å²) in [6.45, 7) is 5.58. The van der Waals surface area contributed by atoms with E-state index in [0.29, 0.717) is 6.54 Å². The van der Waals surface area contributed by atoms with E-state index in [0.717, 1.165) is 37.3 Å². The maximum absolute atomic E-state index is 4.63. The van der Waals surface area contributed by atoms with Crippen LogP contribution in [0.2, 0.25) is 0 Å². The molecule has 0 amide bonds. The topological polar surface area (TPSA) is 57.5 Å². The first-order valence-corrected chi connectivity index (χ1v) is 8.40. The monoisotopic (exact) mass is 306 g/mol. The van der Waals surface area contributed by atoms with Gasteiger partial charge in [0.05, 0.1) is 12.2 Å². The first kappa shape index (κ1) is 16.8. The molecule has 1 aromatic rings. The Bertz CT molecular complexity index is 461. The summed E-state index contributed by atoms with van der Waals surface area (Å²) in [5.41, 5.74) is 1.11. The molecule has 1 aliphatic carbocycles. The summed E-state index contributed by atoms with van der Waals surface area (Å²) in [6, 6.07) is 2.77. The van der Waals surface area contributed by atoms with Gasteiger partial charge in [-0.05, 0) is 32.9 Å². The third-order valence-electron chi connectivity index (χ3n) is 4.37. The van der Waals surface area contributed by atoms with Crippen molar-refractivity contribution in [3.05, 3.63) is 18.0 Å². The van der Waals surface area contributed by atoms with Crippen LogP contribution in [0.25, 0.3) is 0 Å². The second kappa shape index (κ2) is 8.78. The molecule has 0 bridgehead atoms. The maximum atomic E-state index is 4.63. The number of hydrogen-bond donors (Lipinski definition) is 2. The molecule has 0 saturated heterocycles. The van der Waals surface area contributed by atoms with Crippen LogP contribution in [-0.4, -0.2) is 53.4 Å². The first-order chi connectivity index (χ1) is 10.7. The summed E-state index contributed by atoms with van der Waals surface area (Å²) in [4.78, 5) is 7.10. The Balaban J connectivity index is 1.77. The van der Waals surface area contributed by atoms with Gasteiger partial charge in [-0.25, -0.2) is 4.99 Å². The third-order valence-corrected chi connectivity index (χ3v) is 4.37. The molecule has 2 N–H and O–H groups in total.